The van der Waals surface area contributed by atoms with Gasteiger partial charge in [0.2, 0.25) is 8.07 Å². The molecule has 3 nitrogen and oxygen atoms in total. The summed E-state index contributed by atoms with van der Waals surface area (Å²) in [5.74, 6) is 0. The van der Waals surface area contributed by atoms with E-state index in [1.807, 2.05) is 18.3 Å². The maximum atomic E-state index is 5.39. The Labute approximate surface area is 257 Å². The lowest BCUT2D eigenvalue weighted by Gasteiger charge is -2.32. The van der Waals surface area contributed by atoms with Gasteiger partial charge in [-0.25, -0.2) is 9.97 Å². The van der Waals surface area contributed by atoms with E-state index in [0.29, 0.717) is 0 Å². The van der Waals surface area contributed by atoms with Gasteiger partial charge in [0, 0.05) is 28.2 Å². The van der Waals surface area contributed by atoms with E-state index in [1.165, 1.54) is 37.4 Å². The summed E-state index contributed by atoms with van der Waals surface area (Å²) in [6.45, 7) is 0. The number of aromatic nitrogens is 3. The number of para-hydroxylation sites is 2. The maximum Gasteiger partial charge on any atom is 0.226 e. The van der Waals surface area contributed by atoms with Crippen LogP contribution in [0.2, 0.25) is 0 Å². The molecule has 0 fully saturated rings. The summed E-state index contributed by atoms with van der Waals surface area (Å²) < 4.78 is 2.37. The zero-order valence-corrected chi connectivity index (χ0v) is 25.1. The molecule has 0 bridgehead atoms. The number of rotatable bonds is 6. The highest BCUT2D eigenvalue weighted by atomic mass is 28.3. The zero-order valence-electron chi connectivity index (χ0n) is 24.1. The molecule has 0 N–H and O–H groups in total. The van der Waals surface area contributed by atoms with Gasteiger partial charge in [0.1, 0.15) is 5.45 Å². The zero-order chi connectivity index (χ0) is 29.3. The number of fused-ring (bicyclic) bond motifs is 3. The van der Waals surface area contributed by atoms with Crippen LogP contribution in [0.1, 0.15) is 0 Å². The monoisotopic (exact) mass is 579 g/mol. The van der Waals surface area contributed by atoms with Crippen molar-refractivity contribution in [3.63, 3.8) is 0 Å². The fraction of sp³-hybridized carbons (Fsp3) is 0. The third kappa shape index (κ3) is 4.19. The van der Waals surface area contributed by atoms with Gasteiger partial charge < -0.3 is 4.57 Å². The van der Waals surface area contributed by atoms with Crippen molar-refractivity contribution < 1.29 is 0 Å². The molecule has 0 spiro atoms. The molecule has 44 heavy (non-hydrogen) atoms. The van der Waals surface area contributed by atoms with E-state index in [1.54, 1.807) is 0 Å². The number of benzene rings is 6. The van der Waals surface area contributed by atoms with Crippen LogP contribution in [-0.4, -0.2) is 22.6 Å². The first-order valence-electron chi connectivity index (χ1n) is 14.9. The Morgan fingerprint density at radius 3 is 1.70 bits per heavy atom. The SMILES string of the molecule is c1ccc(-c2ccnc([Si](c3ccccc3)(c3ccccc3)c3ccc4c(c3)c3ccccc3n4-c3ccccc3)n2)cc1. The van der Waals surface area contributed by atoms with Gasteiger partial charge in [0.25, 0.3) is 0 Å². The van der Waals surface area contributed by atoms with Gasteiger partial charge in [-0.3, -0.25) is 0 Å². The van der Waals surface area contributed by atoms with E-state index in [9.17, 15) is 0 Å². The Kier molecular flexibility index (Phi) is 6.47. The number of nitrogens with zero attached hydrogens (tertiary/aromatic N) is 3. The summed E-state index contributed by atoms with van der Waals surface area (Å²) in [6.07, 6.45) is 1.93. The van der Waals surface area contributed by atoms with Crippen LogP contribution < -0.4 is 21.0 Å². The highest BCUT2D eigenvalue weighted by Crippen LogP contribution is 2.31. The summed E-state index contributed by atoms with van der Waals surface area (Å²) in [7, 11) is -2.97. The fourth-order valence-corrected chi connectivity index (χ4v) is 11.0. The summed E-state index contributed by atoms with van der Waals surface area (Å²) >= 11 is 0. The van der Waals surface area contributed by atoms with Gasteiger partial charge in [0.05, 0.1) is 16.7 Å². The molecule has 4 heteroatoms. The smallest absolute Gasteiger partial charge is 0.226 e. The predicted octanol–water partition coefficient (Wildman–Crippen LogP) is 6.62. The molecule has 208 valence electrons. The Morgan fingerprint density at radius 1 is 0.455 bits per heavy atom. The van der Waals surface area contributed by atoms with Crippen molar-refractivity contribution in [2.75, 3.05) is 0 Å². The standard InChI is InChI=1S/C40H29N3Si/c1-5-15-30(16-6-1)37-27-28-41-40(42-37)44(32-19-9-3-10-20-32,33-21-11-4-12-22-33)34-25-26-39-36(29-34)35-23-13-14-24-38(35)43(39)31-17-7-2-8-18-31/h1-29H. The van der Waals surface area contributed by atoms with Crippen LogP contribution in [0.25, 0.3) is 38.8 Å². The highest BCUT2D eigenvalue weighted by Gasteiger charge is 2.45. The average molecular weight is 580 g/mol. The normalized spacial score (nSPS) is 11.6. The van der Waals surface area contributed by atoms with E-state index in [2.05, 4.69) is 162 Å². The molecule has 0 aliphatic carbocycles. The van der Waals surface area contributed by atoms with E-state index < -0.39 is 8.07 Å². The lowest BCUT2D eigenvalue weighted by Crippen LogP contribution is -2.76. The first-order chi connectivity index (χ1) is 21.8. The minimum atomic E-state index is -2.97. The Hall–Kier alpha value is -5.58. The topological polar surface area (TPSA) is 30.7 Å². The minimum Gasteiger partial charge on any atom is -0.309 e. The van der Waals surface area contributed by atoms with Crippen LogP contribution in [0, 0.1) is 0 Å². The molecule has 0 radical (unpaired) electrons. The van der Waals surface area contributed by atoms with Crippen molar-refractivity contribution >= 4 is 50.9 Å². The largest absolute Gasteiger partial charge is 0.309 e. The molecule has 0 aliphatic heterocycles. The van der Waals surface area contributed by atoms with Crippen LogP contribution in [-0.2, 0) is 0 Å². The highest BCUT2D eigenvalue weighted by molar-refractivity contribution is 7.19. The van der Waals surface area contributed by atoms with Gasteiger partial charge in [-0.1, -0.05) is 140 Å². The first kappa shape index (κ1) is 26.1. The van der Waals surface area contributed by atoms with Crippen LogP contribution in [0.3, 0.4) is 0 Å². The Balaban J connectivity index is 1.48. The second-order valence-electron chi connectivity index (χ2n) is 11.0. The lowest BCUT2D eigenvalue weighted by molar-refractivity contribution is 1.18. The van der Waals surface area contributed by atoms with Crippen molar-refractivity contribution in [2.45, 2.75) is 0 Å². The van der Waals surface area contributed by atoms with Gasteiger partial charge in [-0.05, 0) is 45.9 Å². The fourth-order valence-electron chi connectivity index (χ4n) is 6.63. The summed E-state index contributed by atoms with van der Waals surface area (Å²) in [4.78, 5) is 10.5. The molecule has 2 aromatic heterocycles. The third-order valence-electron chi connectivity index (χ3n) is 8.59. The predicted molar refractivity (Wildman–Crippen MR) is 185 cm³/mol. The molecule has 0 amide bonds. The third-order valence-corrected chi connectivity index (χ3v) is 13.1. The Bertz CT molecular complexity index is 2170. The summed E-state index contributed by atoms with van der Waals surface area (Å²) in [5, 5.41) is 6.22. The van der Waals surface area contributed by atoms with Gasteiger partial charge >= 0.3 is 0 Å². The maximum absolute atomic E-state index is 5.39. The molecular weight excluding hydrogens is 551 g/mol. The molecule has 0 aliphatic rings. The van der Waals surface area contributed by atoms with E-state index in [4.69, 9.17) is 9.97 Å². The summed E-state index contributed by atoms with van der Waals surface area (Å²) in [5.41, 5.74) is 6.43. The van der Waals surface area contributed by atoms with Crippen LogP contribution >= 0.6 is 0 Å². The second-order valence-corrected chi connectivity index (χ2v) is 14.7. The molecule has 0 unspecified atom stereocenters. The molecule has 0 saturated heterocycles. The van der Waals surface area contributed by atoms with Gasteiger partial charge in [-0.2, -0.15) is 0 Å². The van der Waals surface area contributed by atoms with E-state index in [0.717, 1.165) is 22.4 Å². The quantitative estimate of drug-likeness (QED) is 0.164. The second kappa shape index (κ2) is 10.9. The molecule has 8 rings (SSSR count). The summed E-state index contributed by atoms with van der Waals surface area (Å²) in [6, 6.07) is 60.6. The Morgan fingerprint density at radius 2 is 1.02 bits per heavy atom. The van der Waals surface area contributed by atoms with Crippen LogP contribution in [0.5, 0.6) is 0 Å². The van der Waals surface area contributed by atoms with E-state index in [-0.39, 0.29) is 0 Å². The van der Waals surface area contributed by atoms with E-state index >= 15 is 0 Å². The van der Waals surface area contributed by atoms with Gasteiger partial charge in [-0.15, -0.1) is 0 Å². The van der Waals surface area contributed by atoms with Crippen LogP contribution in [0.4, 0.5) is 0 Å². The van der Waals surface area contributed by atoms with Gasteiger partial charge in [0.15, 0.2) is 0 Å². The van der Waals surface area contributed by atoms with Crippen molar-refractivity contribution in [3.8, 4) is 16.9 Å². The molecular formula is C40H29N3Si. The minimum absolute atomic E-state index is 0.877. The average Bonchev–Trinajstić information content (AvgIpc) is 3.44. The molecule has 6 aromatic carbocycles. The van der Waals surface area contributed by atoms with Crippen LogP contribution in [0.15, 0.2) is 176 Å². The number of hydrogen-bond donors (Lipinski definition) is 0. The van der Waals surface area contributed by atoms with Crippen molar-refractivity contribution in [1.29, 1.82) is 0 Å². The molecule has 2 heterocycles. The first-order valence-corrected chi connectivity index (χ1v) is 16.9. The molecule has 8 aromatic rings. The lowest BCUT2D eigenvalue weighted by atomic mass is 10.1. The van der Waals surface area contributed by atoms with Crippen molar-refractivity contribution in [2.24, 2.45) is 0 Å². The molecule has 0 atom stereocenters. The number of hydrogen-bond acceptors (Lipinski definition) is 2. The van der Waals surface area contributed by atoms with Crippen molar-refractivity contribution in [1.82, 2.24) is 14.5 Å². The molecule has 0 saturated carbocycles. The van der Waals surface area contributed by atoms with Crippen molar-refractivity contribution in [3.05, 3.63) is 176 Å².